The summed E-state index contributed by atoms with van der Waals surface area (Å²) < 4.78 is 0. The lowest BCUT2D eigenvalue weighted by Gasteiger charge is -2.12. The van der Waals surface area contributed by atoms with Crippen molar-refractivity contribution in [3.8, 4) is 0 Å². The fourth-order valence-corrected chi connectivity index (χ4v) is 3.81. The molecular weight excluding hydrogens is 356 g/mol. The number of aryl methyl sites for hydroxylation is 1. The van der Waals surface area contributed by atoms with Crippen molar-refractivity contribution in [1.82, 2.24) is 9.97 Å². The van der Waals surface area contributed by atoms with Gasteiger partial charge in [0.15, 0.2) is 5.78 Å². The second kappa shape index (κ2) is 7.30. The number of para-hydroxylation sites is 1. The third-order valence-electron chi connectivity index (χ3n) is 5.42. The summed E-state index contributed by atoms with van der Waals surface area (Å²) in [5, 5.41) is 29.6. The molecule has 6 heteroatoms. The highest BCUT2D eigenvalue weighted by Gasteiger charge is 2.26. The molecule has 144 valence electrons. The number of nitrogens with zero attached hydrogens (tertiary/aromatic N) is 2. The van der Waals surface area contributed by atoms with E-state index in [1.54, 1.807) is 18.2 Å². The lowest BCUT2D eigenvalue weighted by atomic mass is 9.99. The smallest absolute Gasteiger partial charge is 0.169 e. The number of hydrogen-bond acceptors (Lipinski definition) is 6. The second-order valence-corrected chi connectivity index (χ2v) is 7.12. The fraction of sp³-hybridized carbons (Fsp3) is 0.318. The van der Waals surface area contributed by atoms with Crippen LogP contribution in [0.15, 0.2) is 41.7 Å². The molecule has 0 amide bonds. The van der Waals surface area contributed by atoms with E-state index in [1.165, 1.54) is 0 Å². The van der Waals surface area contributed by atoms with Crippen LogP contribution in [0.5, 0.6) is 0 Å². The molecule has 0 spiro atoms. The number of ketones is 1. The molecule has 0 fully saturated rings. The molecule has 3 N–H and O–H groups in total. The first kappa shape index (κ1) is 18.5. The highest BCUT2D eigenvalue weighted by molar-refractivity contribution is 6.08. The van der Waals surface area contributed by atoms with Crippen molar-refractivity contribution in [3.05, 3.63) is 58.4 Å². The van der Waals surface area contributed by atoms with Crippen LogP contribution in [-0.2, 0) is 13.0 Å². The summed E-state index contributed by atoms with van der Waals surface area (Å²) in [7, 11) is 0. The Morgan fingerprint density at radius 1 is 1.11 bits per heavy atom. The maximum absolute atomic E-state index is 13.0. The predicted octanol–water partition coefficient (Wildman–Crippen LogP) is 3.38. The number of carbonyl (C=O) groups is 1. The number of Topliss-reactive ketones (excluding diaryl/α,β-unsaturated/α-hetero) is 1. The van der Waals surface area contributed by atoms with E-state index in [0.717, 1.165) is 12.0 Å². The van der Waals surface area contributed by atoms with Crippen LogP contribution >= 0.6 is 0 Å². The van der Waals surface area contributed by atoms with Gasteiger partial charge in [0.2, 0.25) is 0 Å². The summed E-state index contributed by atoms with van der Waals surface area (Å²) >= 11 is 0. The summed E-state index contributed by atoms with van der Waals surface area (Å²) in [6.07, 6.45) is 0.782. The number of carbonyl (C=O) groups excluding carboxylic acids is 1. The molecule has 1 atom stereocenters. The Labute approximate surface area is 162 Å². The summed E-state index contributed by atoms with van der Waals surface area (Å²) in [5.74, 6) is -0.100. The number of aliphatic hydroxyl groups excluding tert-OH is 3. The first-order chi connectivity index (χ1) is 13.5. The van der Waals surface area contributed by atoms with Gasteiger partial charge < -0.3 is 15.3 Å². The molecule has 0 saturated carbocycles. The van der Waals surface area contributed by atoms with E-state index >= 15 is 0 Å². The molecule has 4 rings (SSSR count). The molecule has 3 aromatic rings. The SMILES string of the molecule is CCc1ccc(CO)c2nc3cccc(C(=O)CC4=C(O)CCC4O)c3nc12. The molecule has 2 aromatic carbocycles. The van der Waals surface area contributed by atoms with Crippen LogP contribution in [0, 0.1) is 0 Å². The van der Waals surface area contributed by atoms with Gasteiger partial charge in [0.25, 0.3) is 0 Å². The minimum Gasteiger partial charge on any atom is -0.512 e. The van der Waals surface area contributed by atoms with Crippen LogP contribution in [0.4, 0.5) is 0 Å². The van der Waals surface area contributed by atoms with Crippen LogP contribution in [0.1, 0.15) is 47.7 Å². The first-order valence-corrected chi connectivity index (χ1v) is 9.47. The third-order valence-corrected chi connectivity index (χ3v) is 5.42. The Kier molecular flexibility index (Phi) is 4.83. The van der Waals surface area contributed by atoms with Gasteiger partial charge in [0.05, 0.1) is 35.0 Å². The van der Waals surface area contributed by atoms with Crippen LogP contribution in [0.3, 0.4) is 0 Å². The Hall–Kier alpha value is -2.83. The van der Waals surface area contributed by atoms with Crippen molar-refractivity contribution in [2.75, 3.05) is 0 Å². The number of benzene rings is 2. The Morgan fingerprint density at radius 2 is 1.86 bits per heavy atom. The molecule has 1 unspecified atom stereocenters. The molecule has 28 heavy (non-hydrogen) atoms. The van der Waals surface area contributed by atoms with Crippen molar-refractivity contribution in [2.24, 2.45) is 0 Å². The van der Waals surface area contributed by atoms with E-state index in [9.17, 15) is 20.1 Å². The highest BCUT2D eigenvalue weighted by Crippen LogP contribution is 2.30. The third kappa shape index (κ3) is 3.04. The largest absolute Gasteiger partial charge is 0.512 e. The highest BCUT2D eigenvalue weighted by atomic mass is 16.3. The lowest BCUT2D eigenvalue weighted by molar-refractivity contribution is 0.0981. The van der Waals surface area contributed by atoms with E-state index in [0.29, 0.717) is 51.6 Å². The Morgan fingerprint density at radius 3 is 2.54 bits per heavy atom. The summed E-state index contributed by atoms with van der Waals surface area (Å²) in [6, 6.07) is 9.02. The van der Waals surface area contributed by atoms with Crippen molar-refractivity contribution in [3.63, 3.8) is 0 Å². The molecular formula is C22H22N2O4. The molecule has 6 nitrogen and oxygen atoms in total. The average molecular weight is 378 g/mol. The fourth-order valence-electron chi connectivity index (χ4n) is 3.81. The zero-order valence-electron chi connectivity index (χ0n) is 15.6. The van der Waals surface area contributed by atoms with Gasteiger partial charge in [-0.1, -0.05) is 25.1 Å². The average Bonchev–Trinajstić information content (AvgIpc) is 3.03. The van der Waals surface area contributed by atoms with Gasteiger partial charge in [-0.15, -0.1) is 0 Å². The molecule has 0 radical (unpaired) electrons. The Balaban J connectivity index is 1.87. The van der Waals surface area contributed by atoms with Gasteiger partial charge in [-0.25, -0.2) is 9.97 Å². The molecule has 1 heterocycles. The summed E-state index contributed by atoms with van der Waals surface area (Å²) in [4.78, 5) is 22.4. The number of hydrogen-bond donors (Lipinski definition) is 3. The topological polar surface area (TPSA) is 104 Å². The molecule has 0 bridgehead atoms. The van der Waals surface area contributed by atoms with Gasteiger partial charge in [-0.3, -0.25) is 4.79 Å². The van der Waals surface area contributed by atoms with Crippen molar-refractivity contribution in [2.45, 2.75) is 45.3 Å². The Bertz CT molecular complexity index is 1120. The molecule has 1 aliphatic carbocycles. The standard InChI is InChI=1S/C22H22N2O4/c1-2-12-6-7-13(11-25)21-20(12)24-22-14(4-3-5-16(22)23-21)19(28)10-15-17(26)8-9-18(15)27/h3-7,17,25-27H,2,8-11H2,1H3. The van der Waals surface area contributed by atoms with E-state index in [4.69, 9.17) is 4.98 Å². The second-order valence-electron chi connectivity index (χ2n) is 7.12. The van der Waals surface area contributed by atoms with Gasteiger partial charge in [0, 0.05) is 29.5 Å². The number of fused-ring (bicyclic) bond motifs is 2. The molecule has 0 aliphatic heterocycles. The van der Waals surface area contributed by atoms with Gasteiger partial charge >= 0.3 is 0 Å². The molecule has 1 aliphatic rings. The van der Waals surface area contributed by atoms with Crippen molar-refractivity contribution >= 4 is 27.9 Å². The maximum Gasteiger partial charge on any atom is 0.169 e. The first-order valence-electron chi connectivity index (χ1n) is 9.47. The van der Waals surface area contributed by atoms with E-state index in [2.05, 4.69) is 4.98 Å². The van der Waals surface area contributed by atoms with Gasteiger partial charge in [-0.05, 0) is 30.5 Å². The predicted molar refractivity (Wildman–Crippen MR) is 106 cm³/mol. The summed E-state index contributed by atoms with van der Waals surface area (Å²) in [5.41, 5.74) is 4.91. The van der Waals surface area contributed by atoms with Crippen LogP contribution in [-0.4, -0.2) is 37.2 Å². The van der Waals surface area contributed by atoms with Crippen LogP contribution < -0.4 is 0 Å². The number of allylic oxidation sites excluding steroid dienone is 1. The zero-order valence-corrected chi connectivity index (χ0v) is 15.6. The molecule has 0 saturated heterocycles. The number of rotatable bonds is 5. The van der Waals surface area contributed by atoms with Gasteiger partial charge in [-0.2, -0.15) is 0 Å². The quantitative estimate of drug-likeness (QED) is 0.464. The van der Waals surface area contributed by atoms with E-state index in [1.807, 2.05) is 19.1 Å². The van der Waals surface area contributed by atoms with Crippen LogP contribution in [0.2, 0.25) is 0 Å². The van der Waals surface area contributed by atoms with E-state index in [-0.39, 0.29) is 24.6 Å². The normalized spacial score (nSPS) is 17.0. The lowest BCUT2D eigenvalue weighted by Crippen LogP contribution is -2.11. The zero-order chi connectivity index (χ0) is 19.8. The summed E-state index contributed by atoms with van der Waals surface area (Å²) in [6.45, 7) is 1.89. The van der Waals surface area contributed by atoms with Crippen molar-refractivity contribution < 1.29 is 20.1 Å². The monoisotopic (exact) mass is 378 g/mol. The van der Waals surface area contributed by atoms with Crippen molar-refractivity contribution in [1.29, 1.82) is 0 Å². The van der Waals surface area contributed by atoms with E-state index < -0.39 is 6.10 Å². The minimum absolute atomic E-state index is 0.0385. The maximum atomic E-state index is 13.0. The minimum atomic E-state index is -0.773. The van der Waals surface area contributed by atoms with Crippen LogP contribution in [0.25, 0.3) is 22.1 Å². The number of aromatic nitrogens is 2. The molecule has 1 aromatic heterocycles. The van der Waals surface area contributed by atoms with Gasteiger partial charge in [0.1, 0.15) is 5.52 Å². The number of aliphatic hydroxyl groups is 3.